The average molecular weight is 377 g/mol. The van der Waals surface area contributed by atoms with Crippen LogP contribution in [-0.2, 0) is 21.2 Å². The lowest BCUT2D eigenvalue weighted by Crippen LogP contribution is -2.43. The Labute approximate surface area is 153 Å². The summed E-state index contributed by atoms with van der Waals surface area (Å²) >= 11 is 0. The molecule has 0 N–H and O–H groups in total. The molecule has 1 aliphatic rings. The Morgan fingerprint density at radius 3 is 2.58 bits per heavy atom. The Bertz CT molecular complexity index is 853. The van der Waals surface area contributed by atoms with Gasteiger partial charge in [-0.1, -0.05) is 6.07 Å². The summed E-state index contributed by atoms with van der Waals surface area (Å²) in [5.74, 6) is 1.10. The summed E-state index contributed by atoms with van der Waals surface area (Å²) in [6.07, 6.45) is 1.98. The highest BCUT2D eigenvalue weighted by atomic mass is 32.2. The van der Waals surface area contributed by atoms with Gasteiger partial charge < -0.3 is 14.1 Å². The molecular formula is C19H23NO5S. The van der Waals surface area contributed by atoms with Crippen molar-refractivity contribution in [1.82, 2.24) is 4.90 Å². The number of furan rings is 1. The van der Waals surface area contributed by atoms with E-state index in [2.05, 4.69) is 0 Å². The van der Waals surface area contributed by atoms with Gasteiger partial charge in [0.05, 0.1) is 24.3 Å². The zero-order valence-corrected chi connectivity index (χ0v) is 15.8. The zero-order chi connectivity index (χ0) is 18.7. The van der Waals surface area contributed by atoms with E-state index < -0.39 is 9.84 Å². The van der Waals surface area contributed by atoms with E-state index in [-0.39, 0.29) is 36.6 Å². The lowest BCUT2D eigenvalue weighted by Gasteiger charge is -2.27. The standard InChI is InChI=1S/C19H23NO5S/c1-14-8-15(2)10-18(9-14)25-12-19(21)20(11-17-4-3-6-24-17)16-5-7-26(22,23)13-16/h3-4,6,8-10,16H,5,7,11-13H2,1-2H3/t16-/m0/s1. The second kappa shape index (κ2) is 7.53. The molecule has 1 fully saturated rings. The number of carbonyl (C=O) groups is 1. The van der Waals surface area contributed by atoms with Crippen LogP contribution in [0.3, 0.4) is 0 Å². The summed E-state index contributed by atoms with van der Waals surface area (Å²) in [4.78, 5) is 14.3. The van der Waals surface area contributed by atoms with E-state index in [0.717, 1.165) is 11.1 Å². The van der Waals surface area contributed by atoms with E-state index in [4.69, 9.17) is 9.15 Å². The number of rotatable bonds is 6. The molecule has 1 aromatic heterocycles. The normalized spacial score (nSPS) is 18.6. The smallest absolute Gasteiger partial charge is 0.261 e. The van der Waals surface area contributed by atoms with E-state index in [1.807, 2.05) is 32.0 Å². The number of nitrogens with zero attached hydrogens (tertiary/aromatic N) is 1. The fourth-order valence-electron chi connectivity index (χ4n) is 3.26. The molecule has 26 heavy (non-hydrogen) atoms. The van der Waals surface area contributed by atoms with Gasteiger partial charge in [0.25, 0.3) is 5.91 Å². The van der Waals surface area contributed by atoms with Crippen LogP contribution in [0.5, 0.6) is 5.75 Å². The summed E-state index contributed by atoms with van der Waals surface area (Å²) in [6, 6.07) is 8.94. The molecule has 2 aromatic rings. The molecule has 0 unspecified atom stereocenters. The van der Waals surface area contributed by atoms with Crippen molar-refractivity contribution in [1.29, 1.82) is 0 Å². The number of hydrogen-bond acceptors (Lipinski definition) is 5. The van der Waals surface area contributed by atoms with Crippen LogP contribution >= 0.6 is 0 Å². The number of ether oxygens (including phenoxy) is 1. The largest absolute Gasteiger partial charge is 0.484 e. The van der Waals surface area contributed by atoms with Crippen LogP contribution in [0.1, 0.15) is 23.3 Å². The lowest BCUT2D eigenvalue weighted by atomic mass is 10.1. The molecule has 0 spiro atoms. The third-order valence-electron chi connectivity index (χ3n) is 4.43. The molecule has 7 heteroatoms. The van der Waals surface area contributed by atoms with Crippen LogP contribution in [-0.4, -0.2) is 43.4 Å². The molecule has 2 heterocycles. The predicted octanol–water partition coefficient (Wildman–Crippen LogP) is 2.49. The maximum Gasteiger partial charge on any atom is 0.261 e. The number of aryl methyl sites for hydroxylation is 2. The fraction of sp³-hybridized carbons (Fsp3) is 0.421. The number of hydrogen-bond donors (Lipinski definition) is 0. The van der Waals surface area contributed by atoms with E-state index in [9.17, 15) is 13.2 Å². The minimum Gasteiger partial charge on any atom is -0.484 e. The van der Waals surface area contributed by atoms with Gasteiger partial charge in [-0.3, -0.25) is 4.79 Å². The predicted molar refractivity (Wildman–Crippen MR) is 97.7 cm³/mol. The molecule has 1 amide bonds. The molecule has 0 radical (unpaired) electrons. The summed E-state index contributed by atoms with van der Waals surface area (Å²) in [5.41, 5.74) is 2.11. The summed E-state index contributed by atoms with van der Waals surface area (Å²) in [5, 5.41) is 0. The Hall–Kier alpha value is -2.28. The van der Waals surface area contributed by atoms with Crippen molar-refractivity contribution in [3.05, 3.63) is 53.5 Å². The Morgan fingerprint density at radius 1 is 1.27 bits per heavy atom. The highest BCUT2D eigenvalue weighted by Crippen LogP contribution is 2.21. The van der Waals surface area contributed by atoms with Crippen molar-refractivity contribution < 1.29 is 22.4 Å². The first-order chi connectivity index (χ1) is 12.3. The maximum atomic E-state index is 12.8. The molecule has 6 nitrogen and oxygen atoms in total. The molecule has 140 valence electrons. The van der Waals surface area contributed by atoms with Gasteiger partial charge in [-0.25, -0.2) is 8.42 Å². The van der Waals surface area contributed by atoms with Crippen LogP contribution in [0.4, 0.5) is 0 Å². The molecule has 3 rings (SSSR count). The van der Waals surface area contributed by atoms with Crippen LogP contribution in [0, 0.1) is 13.8 Å². The Morgan fingerprint density at radius 2 is 2.00 bits per heavy atom. The Kier molecular flexibility index (Phi) is 5.36. The van der Waals surface area contributed by atoms with Gasteiger partial charge in [0.2, 0.25) is 0 Å². The van der Waals surface area contributed by atoms with Crippen molar-refractivity contribution in [2.24, 2.45) is 0 Å². The number of benzene rings is 1. The van der Waals surface area contributed by atoms with Crippen molar-refractivity contribution in [2.75, 3.05) is 18.1 Å². The monoisotopic (exact) mass is 377 g/mol. The second-order valence-corrected chi connectivity index (χ2v) is 9.00. The fourth-order valence-corrected chi connectivity index (χ4v) is 4.99. The van der Waals surface area contributed by atoms with E-state index >= 15 is 0 Å². The van der Waals surface area contributed by atoms with E-state index in [0.29, 0.717) is 17.9 Å². The van der Waals surface area contributed by atoms with Crippen LogP contribution in [0.2, 0.25) is 0 Å². The van der Waals surface area contributed by atoms with Gasteiger partial charge in [-0.2, -0.15) is 0 Å². The molecular weight excluding hydrogens is 354 g/mol. The van der Waals surface area contributed by atoms with Crippen molar-refractivity contribution in [3.8, 4) is 5.75 Å². The maximum absolute atomic E-state index is 12.8. The third-order valence-corrected chi connectivity index (χ3v) is 6.18. The number of amides is 1. The van der Waals surface area contributed by atoms with Gasteiger partial charge in [-0.15, -0.1) is 0 Å². The van der Waals surface area contributed by atoms with Crippen molar-refractivity contribution in [2.45, 2.75) is 32.9 Å². The Balaban J connectivity index is 1.71. The number of carbonyl (C=O) groups excluding carboxylic acids is 1. The molecule has 1 aliphatic heterocycles. The molecule has 0 bridgehead atoms. The van der Waals surface area contributed by atoms with E-state index in [1.165, 1.54) is 6.26 Å². The molecule has 0 saturated carbocycles. The topological polar surface area (TPSA) is 76.8 Å². The highest BCUT2D eigenvalue weighted by Gasteiger charge is 2.35. The summed E-state index contributed by atoms with van der Waals surface area (Å²) < 4.78 is 34.7. The zero-order valence-electron chi connectivity index (χ0n) is 15.0. The van der Waals surface area contributed by atoms with Crippen molar-refractivity contribution >= 4 is 15.7 Å². The highest BCUT2D eigenvalue weighted by molar-refractivity contribution is 7.91. The van der Waals surface area contributed by atoms with Crippen LogP contribution < -0.4 is 4.74 Å². The minimum atomic E-state index is -3.10. The first-order valence-corrected chi connectivity index (χ1v) is 10.4. The van der Waals surface area contributed by atoms with Crippen LogP contribution in [0.15, 0.2) is 41.0 Å². The molecule has 1 atom stereocenters. The van der Waals surface area contributed by atoms with Gasteiger partial charge in [-0.05, 0) is 55.7 Å². The average Bonchev–Trinajstić information content (AvgIpc) is 3.18. The molecule has 1 saturated heterocycles. The quantitative estimate of drug-likeness (QED) is 0.773. The second-order valence-electron chi connectivity index (χ2n) is 6.77. The van der Waals surface area contributed by atoms with Crippen molar-refractivity contribution in [3.63, 3.8) is 0 Å². The van der Waals surface area contributed by atoms with Crippen LogP contribution in [0.25, 0.3) is 0 Å². The van der Waals surface area contributed by atoms with E-state index in [1.54, 1.807) is 17.0 Å². The van der Waals surface area contributed by atoms with Gasteiger partial charge in [0, 0.05) is 6.04 Å². The SMILES string of the molecule is Cc1cc(C)cc(OCC(=O)N(Cc2ccco2)[C@H]2CCS(=O)(=O)C2)c1. The number of sulfone groups is 1. The van der Waals surface area contributed by atoms with Gasteiger partial charge in [0.15, 0.2) is 16.4 Å². The first kappa shape index (κ1) is 18.5. The third kappa shape index (κ3) is 4.66. The molecule has 1 aromatic carbocycles. The minimum absolute atomic E-state index is 0.0109. The van der Waals surface area contributed by atoms with Gasteiger partial charge >= 0.3 is 0 Å². The van der Waals surface area contributed by atoms with Gasteiger partial charge in [0.1, 0.15) is 11.5 Å². The summed E-state index contributed by atoms with van der Waals surface area (Å²) in [6.45, 7) is 4.03. The first-order valence-electron chi connectivity index (χ1n) is 8.56. The lowest BCUT2D eigenvalue weighted by molar-refractivity contribution is -0.136. The molecule has 0 aliphatic carbocycles. The summed E-state index contributed by atoms with van der Waals surface area (Å²) in [7, 11) is -3.10.